The zero-order valence-electron chi connectivity index (χ0n) is 14.4. The van der Waals surface area contributed by atoms with Gasteiger partial charge in [-0.2, -0.15) is 0 Å². The first kappa shape index (κ1) is 18.0. The van der Waals surface area contributed by atoms with Crippen LogP contribution in [0.25, 0.3) is 0 Å². The zero-order chi connectivity index (χ0) is 18.7. The molecule has 1 aliphatic heterocycles. The molecule has 2 aromatic carbocycles. The van der Waals surface area contributed by atoms with Crippen LogP contribution in [-0.2, 0) is 9.59 Å². The normalized spacial score (nSPS) is 16.7. The van der Waals surface area contributed by atoms with Crippen molar-refractivity contribution in [2.75, 3.05) is 17.3 Å². The maximum Gasteiger partial charge on any atom is 0.293 e. The van der Waals surface area contributed by atoms with Gasteiger partial charge in [-0.25, -0.2) is 4.90 Å². The van der Waals surface area contributed by atoms with Crippen molar-refractivity contribution in [1.82, 2.24) is 0 Å². The molecular formula is C19H18N2O4S. The minimum Gasteiger partial charge on any atom is -0.495 e. The second kappa shape index (κ2) is 7.61. The number of methoxy groups -OCH3 is 1. The van der Waals surface area contributed by atoms with Crippen LogP contribution in [0.5, 0.6) is 5.75 Å². The molecule has 1 saturated heterocycles. The molecule has 3 amide bonds. The predicted octanol–water partition coefficient (Wildman–Crippen LogP) is 3.60. The van der Waals surface area contributed by atoms with Crippen molar-refractivity contribution in [1.29, 1.82) is 0 Å². The molecule has 26 heavy (non-hydrogen) atoms. The second-order valence-corrected chi connectivity index (χ2v) is 6.94. The van der Waals surface area contributed by atoms with Crippen LogP contribution in [0.2, 0.25) is 0 Å². The first-order valence-corrected chi connectivity index (χ1v) is 8.92. The van der Waals surface area contributed by atoms with Gasteiger partial charge >= 0.3 is 0 Å². The Balaban J connectivity index is 1.71. The number of aryl methyl sites for hydroxylation is 1. The van der Waals surface area contributed by atoms with E-state index in [0.717, 1.165) is 22.2 Å². The summed E-state index contributed by atoms with van der Waals surface area (Å²) in [5.74, 6) is -0.187. The lowest BCUT2D eigenvalue weighted by molar-refractivity contribution is -0.121. The lowest BCUT2D eigenvalue weighted by Crippen LogP contribution is -2.33. The predicted molar refractivity (Wildman–Crippen MR) is 102 cm³/mol. The third-order valence-corrected chi connectivity index (χ3v) is 5.07. The number of hydrogen-bond acceptors (Lipinski definition) is 5. The summed E-state index contributed by atoms with van der Waals surface area (Å²) in [5, 5.41) is 1.63. The van der Waals surface area contributed by atoms with Crippen LogP contribution < -0.4 is 15.0 Å². The Morgan fingerprint density at radius 2 is 1.85 bits per heavy atom. The van der Waals surface area contributed by atoms with Gasteiger partial charge in [0.1, 0.15) is 11.0 Å². The minimum atomic E-state index is -0.739. The number of benzene rings is 2. The van der Waals surface area contributed by atoms with Gasteiger partial charge in [0.05, 0.1) is 18.5 Å². The Bertz CT molecular complexity index is 868. The number of anilines is 2. The van der Waals surface area contributed by atoms with Gasteiger partial charge in [0, 0.05) is 6.42 Å². The molecule has 0 unspecified atom stereocenters. The van der Waals surface area contributed by atoms with E-state index in [-0.39, 0.29) is 23.5 Å². The smallest absolute Gasteiger partial charge is 0.293 e. The molecule has 1 N–H and O–H groups in total. The van der Waals surface area contributed by atoms with Gasteiger partial charge in [0.15, 0.2) is 0 Å². The van der Waals surface area contributed by atoms with Gasteiger partial charge < -0.3 is 10.1 Å². The summed E-state index contributed by atoms with van der Waals surface area (Å²) >= 11 is 0.880. The van der Waals surface area contributed by atoms with Gasteiger partial charge in [0.2, 0.25) is 11.8 Å². The second-order valence-electron chi connectivity index (χ2n) is 5.79. The van der Waals surface area contributed by atoms with Crippen LogP contribution in [0, 0.1) is 6.92 Å². The summed E-state index contributed by atoms with van der Waals surface area (Å²) < 4.78 is 5.19. The Labute approximate surface area is 155 Å². The average molecular weight is 370 g/mol. The zero-order valence-corrected chi connectivity index (χ0v) is 15.2. The van der Waals surface area contributed by atoms with Crippen molar-refractivity contribution in [3.63, 3.8) is 0 Å². The average Bonchev–Trinajstić information content (AvgIpc) is 2.89. The molecule has 0 radical (unpaired) electrons. The molecular weight excluding hydrogens is 352 g/mol. The van der Waals surface area contributed by atoms with E-state index in [9.17, 15) is 14.4 Å². The van der Waals surface area contributed by atoms with Crippen LogP contribution in [0.15, 0.2) is 48.5 Å². The van der Waals surface area contributed by atoms with E-state index in [4.69, 9.17) is 4.74 Å². The quantitative estimate of drug-likeness (QED) is 0.870. The summed E-state index contributed by atoms with van der Waals surface area (Å²) in [7, 11) is 1.51. The van der Waals surface area contributed by atoms with E-state index in [1.165, 1.54) is 7.11 Å². The molecule has 1 heterocycles. The number of ether oxygens (including phenoxy) is 1. The van der Waals surface area contributed by atoms with Crippen molar-refractivity contribution in [3.8, 4) is 5.75 Å². The number of para-hydroxylation sites is 3. The van der Waals surface area contributed by atoms with Crippen LogP contribution in [0.3, 0.4) is 0 Å². The highest BCUT2D eigenvalue weighted by Gasteiger charge is 2.42. The summed E-state index contributed by atoms with van der Waals surface area (Å²) in [4.78, 5) is 38.5. The molecule has 134 valence electrons. The SMILES string of the molecule is COc1ccccc1NC(=O)C[C@@H]1SC(=O)N(c2ccccc2C)C1=O. The van der Waals surface area contributed by atoms with Gasteiger partial charge in [0.25, 0.3) is 5.24 Å². The first-order chi connectivity index (χ1) is 12.5. The molecule has 1 aliphatic rings. The minimum absolute atomic E-state index is 0.0876. The van der Waals surface area contributed by atoms with Crippen LogP contribution in [-0.4, -0.2) is 29.4 Å². The van der Waals surface area contributed by atoms with E-state index >= 15 is 0 Å². The van der Waals surface area contributed by atoms with E-state index in [2.05, 4.69) is 5.32 Å². The van der Waals surface area contributed by atoms with E-state index in [1.807, 2.05) is 19.1 Å². The Kier molecular flexibility index (Phi) is 5.27. The number of imide groups is 1. The standard InChI is InChI=1S/C19H18N2O4S/c1-12-7-3-5-9-14(12)21-18(23)16(26-19(21)24)11-17(22)20-13-8-4-6-10-15(13)25-2/h3-10,16H,11H2,1-2H3,(H,20,22)/t16-/m0/s1. The molecule has 0 bridgehead atoms. The summed E-state index contributed by atoms with van der Waals surface area (Å²) in [6.07, 6.45) is -0.0876. The fraction of sp³-hybridized carbons (Fsp3) is 0.211. The van der Waals surface area contributed by atoms with Gasteiger partial charge in [-0.05, 0) is 42.4 Å². The van der Waals surface area contributed by atoms with E-state index < -0.39 is 5.25 Å². The number of carbonyl (C=O) groups excluding carboxylic acids is 3. The summed E-state index contributed by atoms with van der Waals surface area (Å²) in [6, 6.07) is 14.2. The number of rotatable bonds is 5. The van der Waals surface area contributed by atoms with Gasteiger partial charge in [-0.15, -0.1) is 0 Å². The fourth-order valence-electron chi connectivity index (χ4n) is 2.74. The van der Waals surface area contributed by atoms with E-state index in [0.29, 0.717) is 17.1 Å². The molecule has 0 spiro atoms. The molecule has 0 saturated carbocycles. The van der Waals surface area contributed by atoms with Crippen LogP contribution >= 0.6 is 11.8 Å². The Morgan fingerprint density at radius 1 is 1.15 bits per heavy atom. The van der Waals surface area contributed by atoms with Gasteiger partial charge in [-0.1, -0.05) is 30.3 Å². The number of carbonyl (C=O) groups is 3. The molecule has 1 atom stereocenters. The molecule has 7 heteroatoms. The molecule has 1 fully saturated rings. The largest absolute Gasteiger partial charge is 0.495 e. The topological polar surface area (TPSA) is 75.7 Å². The molecule has 6 nitrogen and oxygen atoms in total. The lowest BCUT2D eigenvalue weighted by Gasteiger charge is -2.16. The van der Waals surface area contributed by atoms with Crippen molar-refractivity contribution < 1.29 is 19.1 Å². The Morgan fingerprint density at radius 3 is 2.58 bits per heavy atom. The molecule has 2 aromatic rings. The van der Waals surface area contributed by atoms with E-state index in [1.54, 1.807) is 36.4 Å². The number of amides is 3. The van der Waals surface area contributed by atoms with Gasteiger partial charge in [-0.3, -0.25) is 14.4 Å². The molecule has 0 aromatic heterocycles. The monoisotopic (exact) mass is 370 g/mol. The number of nitrogens with zero attached hydrogens (tertiary/aromatic N) is 1. The lowest BCUT2D eigenvalue weighted by atomic mass is 10.1. The van der Waals surface area contributed by atoms with Crippen molar-refractivity contribution in [3.05, 3.63) is 54.1 Å². The molecule has 3 rings (SSSR count). The summed E-state index contributed by atoms with van der Waals surface area (Å²) in [6.45, 7) is 1.84. The number of hydrogen-bond donors (Lipinski definition) is 1. The highest BCUT2D eigenvalue weighted by Crippen LogP contribution is 2.35. The maximum absolute atomic E-state index is 12.7. The Hall–Kier alpha value is -2.80. The van der Waals surface area contributed by atoms with Crippen LogP contribution in [0.1, 0.15) is 12.0 Å². The third kappa shape index (κ3) is 3.57. The highest BCUT2D eigenvalue weighted by atomic mass is 32.2. The fourth-order valence-corrected chi connectivity index (χ4v) is 3.71. The number of nitrogens with one attached hydrogen (secondary N) is 1. The maximum atomic E-state index is 12.7. The van der Waals surface area contributed by atoms with Crippen molar-refractivity contribution in [2.45, 2.75) is 18.6 Å². The summed E-state index contributed by atoms with van der Waals surface area (Å²) in [5.41, 5.74) is 1.91. The number of thioether (sulfide) groups is 1. The van der Waals surface area contributed by atoms with Crippen molar-refractivity contribution in [2.24, 2.45) is 0 Å². The van der Waals surface area contributed by atoms with Crippen molar-refractivity contribution >= 4 is 40.2 Å². The highest BCUT2D eigenvalue weighted by molar-refractivity contribution is 8.15. The first-order valence-electron chi connectivity index (χ1n) is 8.04. The molecule has 0 aliphatic carbocycles. The third-order valence-electron chi connectivity index (χ3n) is 4.03. The van der Waals surface area contributed by atoms with Crippen LogP contribution in [0.4, 0.5) is 16.2 Å².